The minimum Gasteiger partial charge on any atom is -0.493 e. The number of methoxy groups -OCH3 is 1. The summed E-state index contributed by atoms with van der Waals surface area (Å²) in [6, 6.07) is 6.11. The van der Waals surface area contributed by atoms with Gasteiger partial charge in [0.1, 0.15) is 0 Å². The van der Waals surface area contributed by atoms with Crippen molar-refractivity contribution in [1.29, 1.82) is 0 Å². The number of rotatable bonds is 10. The Hall–Kier alpha value is -1.22. The Bertz CT molecular complexity index is 563. The van der Waals surface area contributed by atoms with Gasteiger partial charge in [-0.15, -0.1) is 24.0 Å². The van der Waals surface area contributed by atoms with Crippen LogP contribution in [0.15, 0.2) is 23.2 Å². The lowest BCUT2D eigenvalue weighted by Gasteiger charge is -2.17. The number of hydrogen-bond donors (Lipinski definition) is 2. The van der Waals surface area contributed by atoms with Gasteiger partial charge >= 0.3 is 0 Å². The average Bonchev–Trinajstić information content (AvgIpc) is 3.18. The van der Waals surface area contributed by atoms with Crippen molar-refractivity contribution in [3.05, 3.63) is 23.8 Å². The summed E-state index contributed by atoms with van der Waals surface area (Å²) in [4.78, 5) is 4.25. The maximum absolute atomic E-state index is 6.09. The molecule has 1 aromatic carbocycles. The van der Waals surface area contributed by atoms with Gasteiger partial charge in [0, 0.05) is 33.4 Å². The lowest BCUT2D eigenvalue weighted by Crippen LogP contribution is -2.37. The zero-order valence-corrected chi connectivity index (χ0v) is 19.1. The predicted molar refractivity (Wildman–Crippen MR) is 121 cm³/mol. The molecule has 0 aliphatic heterocycles. The molecule has 2 rings (SSSR count). The van der Waals surface area contributed by atoms with Crippen molar-refractivity contribution < 1.29 is 14.2 Å². The molecule has 0 unspecified atom stereocenters. The topological polar surface area (TPSA) is 64.1 Å². The summed E-state index contributed by atoms with van der Waals surface area (Å²) in [6.45, 7) is 5.03. The smallest absolute Gasteiger partial charge is 0.191 e. The zero-order chi connectivity index (χ0) is 18.6. The lowest BCUT2D eigenvalue weighted by atomic mass is 10.2. The van der Waals surface area contributed by atoms with E-state index in [0.717, 1.165) is 62.0 Å². The molecule has 6 nitrogen and oxygen atoms in total. The molecule has 0 atom stereocenters. The second-order valence-electron chi connectivity index (χ2n) is 6.41. The van der Waals surface area contributed by atoms with Crippen LogP contribution in [0.5, 0.6) is 11.5 Å². The summed E-state index contributed by atoms with van der Waals surface area (Å²) < 4.78 is 16.9. The largest absolute Gasteiger partial charge is 0.493 e. The SMILES string of the molecule is CCOCCCNC(=NC)NCc1ccc(OC2CCCC2)c(OC)c1.I. The van der Waals surface area contributed by atoms with E-state index < -0.39 is 0 Å². The number of ether oxygens (including phenoxy) is 3. The Morgan fingerprint density at radius 2 is 1.96 bits per heavy atom. The first-order valence-electron chi connectivity index (χ1n) is 9.62. The van der Waals surface area contributed by atoms with Gasteiger partial charge in [-0.2, -0.15) is 0 Å². The standard InChI is InChI=1S/C20H33N3O3.HI/c1-4-25-13-7-12-22-20(21-2)23-15-16-10-11-18(19(14-16)24-3)26-17-8-5-6-9-17;/h10-11,14,17H,4-9,12-13,15H2,1-3H3,(H2,21,22,23);1H. The molecule has 154 valence electrons. The molecule has 1 saturated carbocycles. The molecule has 0 amide bonds. The predicted octanol–water partition coefficient (Wildman–Crippen LogP) is 3.73. The van der Waals surface area contributed by atoms with Crippen LogP contribution in [0.25, 0.3) is 0 Å². The van der Waals surface area contributed by atoms with Gasteiger partial charge in [0.2, 0.25) is 0 Å². The van der Waals surface area contributed by atoms with Crippen LogP contribution in [-0.2, 0) is 11.3 Å². The van der Waals surface area contributed by atoms with Crippen molar-refractivity contribution in [3.8, 4) is 11.5 Å². The van der Waals surface area contributed by atoms with Crippen LogP contribution in [-0.4, -0.2) is 46.0 Å². The molecule has 0 saturated heterocycles. The molecule has 1 aliphatic rings. The average molecular weight is 491 g/mol. The molecule has 0 heterocycles. The van der Waals surface area contributed by atoms with E-state index in [9.17, 15) is 0 Å². The van der Waals surface area contributed by atoms with Gasteiger partial charge < -0.3 is 24.8 Å². The number of hydrogen-bond acceptors (Lipinski definition) is 4. The highest BCUT2D eigenvalue weighted by Gasteiger charge is 2.18. The van der Waals surface area contributed by atoms with Crippen molar-refractivity contribution in [2.45, 2.75) is 51.7 Å². The van der Waals surface area contributed by atoms with Crippen LogP contribution in [0.1, 0.15) is 44.6 Å². The molecular formula is C20H34IN3O3. The number of aliphatic imine (C=N–C) groups is 1. The second-order valence-corrected chi connectivity index (χ2v) is 6.41. The van der Waals surface area contributed by atoms with Gasteiger partial charge in [-0.25, -0.2) is 0 Å². The van der Waals surface area contributed by atoms with Crippen LogP contribution in [0.2, 0.25) is 0 Å². The number of nitrogens with one attached hydrogen (secondary N) is 2. The summed E-state index contributed by atoms with van der Waals surface area (Å²) in [7, 11) is 3.46. The number of benzene rings is 1. The van der Waals surface area contributed by atoms with E-state index in [1.54, 1.807) is 14.2 Å². The Labute approximate surface area is 180 Å². The van der Waals surface area contributed by atoms with E-state index in [1.165, 1.54) is 12.8 Å². The maximum atomic E-state index is 6.09. The monoisotopic (exact) mass is 491 g/mol. The summed E-state index contributed by atoms with van der Waals surface area (Å²) >= 11 is 0. The van der Waals surface area contributed by atoms with Crippen molar-refractivity contribution in [2.24, 2.45) is 4.99 Å². The van der Waals surface area contributed by atoms with Gasteiger partial charge in [-0.3, -0.25) is 4.99 Å². The molecule has 2 N–H and O–H groups in total. The number of halogens is 1. The molecule has 0 aromatic heterocycles. The molecule has 1 aromatic rings. The van der Waals surface area contributed by atoms with Crippen LogP contribution < -0.4 is 20.1 Å². The van der Waals surface area contributed by atoms with E-state index >= 15 is 0 Å². The van der Waals surface area contributed by atoms with Gasteiger partial charge in [-0.1, -0.05) is 6.07 Å². The third-order valence-electron chi connectivity index (χ3n) is 4.47. The highest BCUT2D eigenvalue weighted by atomic mass is 127. The summed E-state index contributed by atoms with van der Waals surface area (Å²) in [5, 5.41) is 6.61. The van der Waals surface area contributed by atoms with E-state index in [0.29, 0.717) is 12.6 Å². The van der Waals surface area contributed by atoms with Crippen LogP contribution in [0.4, 0.5) is 0 Å². The summed E-state index contributed by atoms with van der Waals surface area (Å²) in [5.74, 6) is 2.41. The van der Waals surface area contributed by atoms with Gasteiger partial charge in [0.15, 0.2) is 17.5 Å². The lowest BCUT2D eigenvalue weighted by molar-refractivity contribution is 0.145. The number of guanidine groups is 1. The van der Waals surface area contributed by atoms with E-state index in [4.69, 9.17) is 14.2 Å². The van der Waals surface area contributed by atoms with E-state index in [-0.39, 0.29) is 24.0 Å². The van der Waals surface area contributed by atoms with Crippen molar-refractivity contribution in [3.63, 3.8) is 0 Å². The zero-order valence-electron chi connectivity index (χ0n) is 16.8. The quantitative estimate of drug-likeness (QED) is 0.226. The van der Waals surface area contributed by atoms with Crippen LogP contribution in [0, 0.1) is 0 Å². The molecule has 27 heavy (non-hydrogen) atoms. The minimum atomic E-state index is 0. The Morgan fingerprint density at radius 3 is 2.63 bits per heavy atom. The summed E-state index contributed by atoms with van der Waals surface area (Å²) in [6.07, 6.45) is 6.07. The molecule has 7 heteroatoms. The molecule has 0 bridgehead atoms. The van der Waals surface area contributed by atoms with Gasteiger partial charge in [-0.05, 0) is 56.7 Å². The third-order valence-corrected chi connectivity index (χ3v) is 4.47. The van der Waals surface area contributed by atoms with Crippen molar-refractivity contribution >= 4 is 29.9 Å². The van der Waals surface area contributed by atoms with Crippen molar-refractivity contribution in [2.75, 3.05) is 33.9 Å². The fourth-order valence-electron chi connectivity index (χ4n) is 3.04. The van der Waals surface area contributed by atoms with Gasteiger partial charge in [0.25, 0.3) is 0 Å². The first-order chi connectivity index (χ1) is 12.8. The van der Waals surface area contributed by atoms with E-state index in [1.807, 2.05) is 19.1 Å². The van der Waals surface area contributed by atoms with Crippen LogP contribution in [0.3, 0.4) is 0 Å². The Balaban J connectivity index is 0.00000364. The molecular weight excluding hydrogens is 457 g/mol. The first-order valence-corrected chi connectivity index (χ1v) is 9.62. The molecule has 1 aliphatic carbocycles. The minimum absolute atomic E-state index is 0. The Kier molecular flexibility index (Phi) is 12.2. The fourth-order valence-corrected chi connectivity index (χ4v) is 3.04. The third kappa shape index (κ3) is 8.55. The number of nitrogens with zero attached hydrogens (tertiary/aromatic N) is 1. The summed E-state index contributed by atoms with van der Waals surface area (Å²) in [5.41, 5.74) is 1.12. The second kappa shape index (κ2) is 13.9. The van der Waals surface area contributed by atoms with Gasteiger partial charge in [0.05, 0.1) is 13.2 Å². The molecule has 0 radical (unpaired) electrons. The molecule has 1 fully saturated rings. The maximum Gasteiger partial charge on any atom is 0.191 e. The molecule has 0 spiro atoms. The van der Waals surface area contributed by atoms with Crippen LogP contribution >= 0.6 is 24.0 Å². The fraction of sp³-hybridized carbons (Fsp3) is 0.650. The van der Waals surface area contributed by atoms with E-state index in [2.05, 4.69) is 21.7 Å². The normalized spacial score (nSPS) is 14.6. The highest BCUT2D eigenvalue weighted by Crippen LogP contribution is 2.32. The first kappa shape index (κ1) is 23.8. The highest BCUT2D eigenvalue weighted by molar-refractivity contribution is 14.0. The van der Waals surface area contributed by atoms with Crippen molar-refractivity contribution in [1.82, 2.24) is 10.6 Å². The Morgan fingerprint density at radius 1 is 1.19 bits per heavy atom.